The van der Waals surface area contributed by atoms with Crippen LogP contribution in [0.5, 0.6) is 5.75 Å². The fourth-order valence-corrected chi connectivity index (χ4v) is 2.12. The summed E-state index contributed by atoms with van der Waals surface area (Å²) in [6.07, 6.45) is 0.708. The largest absolute Gasteiger partial charge is 0.490 e. The highest BCUT2D eigenvalue weighted by atomic mass is 16.6. The van der Waals surface area contributed by atoms with Gasteiger partial charge < -0.3 is 9.64 Å². The zero-order valence-electron chi connectivity index (χ0n) is 9.40. The predicted octanol–water partition coefficient (Wildman–Crippen LogP) is 1.59. The average molecular weight is 222 g/mol. The summed E-state index contributed by atoms with van der Waals surface area (Å²) in [6, 6.07) is 3.59. The number of ether oxygens (including phenoxy) is 1. The molecule has 1 aliphatic heterocycles. The highest BCUT2D eigenvalue weighted by Gasteiger charge is 2.26. The highest BCUT2D eigenvalue weighted by molar-refractivity contribution is 5.57. The van der Waals surface area contributed by atoms with E-state index in [1.54, 1.807) is 6.07 Å². The number of hydrogen-bond donors (Lipinski definition) is 0. The van der Waals surface area contributed by atoms with Gasteiger partial charge in [0.15, 0.2) is 5.75 Å². The van der Waals surface area contributed by atoms with E-state index in [0.717, 1.165) is 24.2 Å². The van der Waals surface area contributed by atoms with Crippen LogP contribution in [0.3, 0.4) is 0 Å². The Balaban J connectivity index is 2.55. The van der Waals surface area contributed by atoms with Crippen molar-refractivity contribution in [3.05, 3.63) is 33.4 Å². The standard InChI is InChI=1S/C11H14N2O3/c1-12-6-5-9-8(7-12)3-4-10(16-2)11(9)13(14)15/h3-4H,5-7H2,1-2H3. The van der Waals surface area contributed by atoms with Gasteiger partial charge in [0, 0.05) is 18.7 Å². The third kappa shape index (κ3) is 1.74. The van der Waals surface area contributed by atoms with E-state index in [9.17, 15) is 10.1 Å². The van der Waals surface area contributed by atoms with Gasteiger partial charge in [-0.05, 0) is 25.1 Å². The Morgan fingerprint density at radius 2 is 2.25 bits per heavy atom. The summed E-state index contributed by atoms with van der Waals surface area (Å²) in [5.41, 5.74) is 1.98. The molecule has 5 nitrogen and oxygen atoms in total. The first-order valence-corrected chi connectivity index (χ1v) is 5.15. The molecule has 0 amide bonds. The van der Waals surface area contributed by atoms with Crippen molar-refractivity contribution in [3.8, 4) is 5.75 Å². The van der Waals surface area contributed by atoms with E-state index in [0.29, 0.717) is 12.2 Å². The van der Waals surface area contributed by atoms with Crippen LogP contribution in [0.4, 0.5) is 5.69 Å². The normalized spacial score (nSPS) is 15.6. The number of fused-ring (bicyclic) bond motifs is 1. The van der Waals surface area contributed by atoms with Crippen LogP contribution in [0.2, 0.25) is 0 Å². The van der Waals surface area contributed by atoms with Crippen molar-refractivity contribution in [2.75, 3.05) is 20.7 Å². The number of hydrogen-bond acceptors (Lipinski definition) is 4. The monoisotopic (exact) mass is 222 g/mol. The molecule has 1 aliphatic rings. The van der Waals surface area contributed by atoms with Crippen molar-refractivity contribution in [1.29, 1.82) is 0 Å². The van der Waals surface area contributed by atoms with Gasteiger partial charge in [-0.2, -0.15) is 0 Å². The van der Waals surface area contributed by atoms with E-state index in [1.807, 2.05) is 13.1 Å². The lowest BCUT2D eigenvalue weighted by Crippen LogP contribution is -2.27. The molecule has 0 unspecified atom stereocenters. The molecule has 0 saturated carbocycles. The van der Waals surface area contributed by atoms with Crippen LogP contribution >= 0.6 is 0 Å². The SMILES string of the molecule is COc1ccc2c(c1[N+](=O)[O-])CCN(C)C2. The molecule has 2 rings (SSSR count). The van der Waals surface area contributed by atoms with E-state index < -0.39 is 0 Å². The Kier molecular flexibility index (Phi) is 2.78. The third-order valence-electron chi connectivity index (χ3n) is 2.93. The first kappa shape index (κ1) is 10.9. The maximum atomic E-state index is 11.0. The van der Waals surface area contributed by atoms with Crippen molar-refractivity contribution in [2.45, 2.75) is 13.0 Å². The minimum absolute atomic E-state index is 0.133. The summed E-state index contributed by atoms with van der Waals surface area (Å²) >= 11 is 0. The third-order valence-corrected chi connectivity index (χ3v) is 2.93. The summed E-state index contributed by atoms with van der Waals surface area (Å²) in [6.45, 7) is 1.61. The molecule has 0 atom stereocenters. The maximum Gasteiger partial charge on any atom is 0.314 e. The summed E-state index contributed by atoms with van der Waals surface area (Å²) in [4.78, 5) is 12.9. The van der Waals surface area contributed by atoms with Gasteiger partial charge in [0.2, 0.25) is 0 Å². The topological polar surface area (TPSA) is 55.6 Å². The lowest BCUT2D eigenvalue weighted by Gasteiger charge is -2.24. The van der Waals surface area contributed by atoms with Crippen molar-refractivity contribution in [2.24, 2.45) is 0 Å². The molecule has 1 aromatic rings. The molecule has 1 heterocycles. The number of nitrogens with zero attached hydrogens (tertiary/aromatic N) is 2. The number of rotatable bonds is 2. The van der Waals surface area contributed by atoms with Gasteiger partial charge >= 0.3 is 5.69 Å². The minimum Gasteiger partial charge on any atom is -0.490 e. The van der Waals surface area contributed by atoms with Crippen LogP contribution < -0.4 is 4.74 Å². The smallest absolute Gasteiger partial charge is 0.314 e. The number of nitro groups is 1. The van der Waals surface area contributed by atoms with Crippen molar-refractivity contribution >= 4 is 5.69 Å². The van der Waals surface area contributed by atoms with Crippen LogP contribution in [0.15, 0.2) is 12.1 Å². The minimum atomic E-state index is -0.344. The van der Waals surface area contributed by atoms with Crippen molar-refractivity contribution < 1.29 is 9.66 Å². The molecular formula is C11H14N2O3. The first-order chi connectivity index (χ1) is 7.63. The second-order valence-electron chi connectivity index (χ2n) is 4.00. The van der Waals surface area contributed by atoms with Gasteiger partial charge in [-0.1, -0.05) is 6.07 Å². The maximum absolute atomic E-state index is 11.0. The summed E-state index contributed by atoms with van der Waals surface area (Å²) < 4.78 is 5.04. The number of benzene rings is 1. The molecular weight excluding hydrogens is 208 g/mol. The Morgan fingerprint density at radius 3 is 2.88 bits per heavy atom. The lowest BCUT2D eigenvalue weighted by molar-refractivity contribution is -0.386. The van der Waals surface area contributed by atoms with E-state index in [2.05, 4.69) is 4.90 Å². The molecule has 0 saturated heterocycles. The first-order valence-electron chi connectivity index (χ1n) is 5.15. The van der Waals surface area contributed by atoms with Gasteiger partial charge in [-0.3, -0.25) is 10.1 Å². The number of methoxy groups -OCH3 is 1. The zero-order chi connectivity index (χ0) is 11.7. The molecule has 0 N–H and O–H groups in total. The van der Waals surface area contributed by atoms with Gasteiger partial charge in [0.05, 0.1) is 12.0 Å². The molecule has 0 aliphatic carbocycles. The summed E-state index contributed by atoms with van der Waals surface area (Å²) in [5, 5.41) is 11.0. The van der Waals surface area contributed by atoms with E-state index in [1.165, 1.54) is 7.11 Å². The molecule has 1 aromatic carbocycles. The lowest BCUT2D eigenvalue weighted by atomic mass is 9.97. The molecule has 0 radical (unpaired) electrons. The molecule has 5 heteroatoms. The number of likely N-dealkylation sites (N-methyl/N-ethyl adjacent to an activating group) is 1. The van der Waals surface area contributed by atoms with E-state index in [-0.39, 0.29) is 10.6 Å². The molecule has 0 spiro atoms. The van der Waals surface area contributed by atoms with E-state index >= 15 is 0 Å². The Labute approximate surface area is 93.8 Å². The van der Waals surface area contributed by atoms with Crippen LogP contribution in [0.25, 0.3) is 0 Å². The van der Waals surface area contributed by atoms with Crippen LogP contribution in [-0.4, -0.2) is 30.5 Å². The zero-order valence-corrected chi connectivity index (χ0v) is 9.40. The van der Waals surface area contributed by atoms with Gasteiger partial charge in [-0.25, -0.2) is 0 Å². The second-order valence-corrected chi connectivity index (χ2v) is 4.00. The van der Waals surface area contributed by atoms with Gasteiger partial charge in [-0.15, -0.1) is 0 Å². The average Bonchev–Trinajstić information content (AvgIpc) is 2.26. The van der Waals surface area contributed by atoms with Crippen LogP contribution in [0, 0.1) is 10.1 Å². The van der Waals surface area contributed by atoms with Crippen LogP contribution in [-0.2, 0) is 13.0 Å². The Bertz CT molecular complexity index is 431. The van der Waals surface area contributed by atoms with Gasteiger partial charge in [0.25, 0.3) is 0 Å². The number of nitro benzene ring substituents is 1. The van der Waals surface area contributed by atoms with Crippen LogP contribution in [0.1, 0.15) is 11.1 Å². The molecule has 86 valence electrons. The Morgan fingerprint density at radius 1 is 1.50 bits per heavy atom. The van der Waals surface area contributed by atoms with E-state index in [4.69, 9.17) is 4.74 Å². The Hall–Kier alpha value is -1.62. The molecule has 0 fully saturated rings. The molecule has 0 aromatic heterocycles. The summed E-state index contributed by atoms with van der Waals surface area (Å²) in [5.74, 6) is 0.355. The quantitative estimate of drug-likeness (QED) is 0.563. The molecule has 16 heavy (non-hydrogen) atoms. The predicted molar refractivity (Wildman–Crippen MR) is 59.7 cm³/mol. The second kappa shape index (κ2) is 4.09. The fraction of sp³-hybridized carbons (Fsp3) is 0.455. The van der Waals surface area contributed by atoms with Crippen molar-refractivity contribution in [1.82, 2.24) is 4.90 Å². The van der Waals surface area contributed by atoms with Crippen molar-refractivity contribution in [3.63, 3.8) is 0 Å². The summed E-state index contributed by atoms with van der Waals surface area (Å²) in [7, 11) is 3.47. The van der Waals surface area contributed by atoms with Gasteiger partial charge in [0.1, 0.15) is 0 Å². The molecule has 0 bridgehead atoms. The fourth-order valence-electron chi connectivity index (χ4n) is 2.12. The highest BCUT2D eigenvalue weighted by Crippen LogP contribution is 2.35.